The van der Waals surface area contributed by atoms with Crippen LogP contribution in [-0.4, -0.2) is 62.6 Å². The van der Waals surface area contributed by atoms with Crippen molar-refractivity contribution in [3.05, 3.63) is 42.2 Å². The molecule has 8 nitrogen and oxygen atoms in total. The van der Waals surface area contributed by atoms with Gasteiger partial charge in [-0.2, -0.15) is 0 Å². The molecule has 148 valence electrons. The Kier molecular flexibility index (Phi) is 7.07. The van der Waals surface area contributed by atoms with Gasteiger partial charge in [0.15, 0.2) is 0 Å². The summed E-state index contributed by atoms with van der Waals surface area (Å²) >= 11 is 0. The number of hydrogen-bond acceptors (Lipinski definition) is 8. The summed E-state index contributed by atoms with van der Waals surface area (Å²) in [7, 11) is 1.36. The normalized spacial score (nSPS) is 11.1. The van der Waals surface area contributed by atoms with Crippen LogP contribution in [0.15, 0.2) is 36.7 Å². The number of hydrogen-bond donors (Lipinski definition) is 2. The van der Waals surface area contributed by atoms with E-state index in [0.717, 1.165) is 22.0 Å². The first kappa shape index (κ1) is 19.9. The van der Waals surface area contributed by atoms with E-state index in [1.807, 2.05) is 12.1 Å². The second-order valence-electron chi connectivity index (χ2n) is 6.05. The first-order valence-electron chi connectivity index (χ1n) is 9.10. The number of anilines is 1. The molecule has 0 radical (unpaired) electrons. The number of ether oxygens (including phenoxy) is 3. The van der Waals surface area contributed by atoms with Gasteiger partial charge in [-0.25, -0.2) is 9.78 Å². The molecule has 8 heteroatoms. The van der Waals surface area contributed by atoms with Gasteiger partial charge in [-0.1, -0.05) is 6.07 Å². The number of nitrogens with one attached hydrogen (secondary N) is 1. The van der Waals surface area contributed by atoms with Gasteiger partial charge in [0.25, 0.3) is 0 Å². The number of benzene rings is 1. The van der Waals surface area contributed by atoms with Crippen molar-refractivity contribution >= 4 is 33.5 Å². The number of fused-ring (bicyclic) bond motifs is 3. The van der Waals surface area contributed by atoms with Gasteiger partial charge in [-0.3, -0.25) is 4.98 Å². The summed E-state index contributed by atoms with van der Waals surface area (Å²) in [6.45, 7) is 3.19. The number of nitrogens with zero attached hydrogens (tertiary/aromatic N) is 2. The molecule has 3 N–H and O–H groups in total. The predicted octanol–water partition coefficient (Wildman–Crippen LogP) is 1.97. The third kappa shape index (κ3) is 4.72. The minimum absolute atomic E-state index is 0.394. The van der Waals surface area contributed by atoms with E-state index in [1.54, 1.807) is 24.5 Å². The average molecular weight is 384 g/mol. The third-order valence-corrected chi connectivity index (χ3v) is 4.19. The van der Waals surface area contributed by atoms with Crippen LogP contribution < -0.4 is 11.1 Å². The quantitative estimate of drug-likeness (QED) is 0.310. The number of carbonyl (C=O) groups excluding carboxylic acids is 1. The molecular formula is C20H24N4O4. The zero-order valence-electron chi connectivity index (χ0n) is 15.8. The van der Waals surface area contributed by atoms with E-state index in [9.17, 15) is 4.79 Å². The van der Waals surface area contributed by atoms with Gasteiger partial charge in [0.1, 0.15) is 5.82 Å². The lowest BCUT2D eigenvalue weighted by molar-refractivity contribution is 0.0547. The van der Waals surface area contributed by atoms with E-state index in [1.165, 1.54) is 7.11 Å². The number of esters is 1. The van der Waals surface area contributed by atoms with Crippen LogP contribution in [0.1, 0.15) is 10.4 Å². The molecule has 3 aromatic rings. The summed E-state index contributed by atoms with van der Waals surface area (Å²) in [5.41, 5.74) is 6.51. The lowest BCUT2D eigenvalue weighted by atomic mass is 10.1. The first-order valence-corrected chi connectivity index (χ1v) is 9.10. The van der Waals surface area contributed by atoms with Gasteiger partial charge in [0.2, 0.25) is 0 Å². The number of pyridine rings is 2. The van der Waals surface area contributed by atoms with Gasteiger partial charge in [-0.15, -0.1) is 0 Å². The maximum absolute atomic E-state index is 11.8. The van der Waals surface area contributed by atoms with Crippen LogP contribution in [0.5, 0.6) is 0 Å². The smallest absolute Gasteiger partial charge is 0.337 e. The monoisotopic (exact) mass is 384 g/mol. The van der Waals surface area contributed by atoms with Gasteiger partial charge < -0.3 is 25.3 Å². The van der Waals surface area contributed by atoms with E-state index >= 15 is 0 Å². The summed E-state index contributed by atoms with van der Waals surface area (Å²) < 4.78 is 15.6. The molecule has 0 fully saturated rings. The van der Waals surface area contributed by atoms with Crippen molar-refractivity contribution in [2.45, 2.75) is 0 Å². The molecule has 2 aromatic heterocycles. The zero-order chi connectivity index (χ0) is 19.8. The topological polar surface area (TPSA) is 109 Å². The molecule has 0 aliphatic heterocycles. The Morgan fingerprint density at radius 3 is 2.68 bits per heavy atom. The molecule has 0 bridgehead atoms. The number of nitrogens with two attached hydrogens (primary N) is 1. The van der Waals surface area contributed by atoms with Crippen LogP contribution in [0, 0.1) is 0 Å². The largest absolute Gasteiger partial charge is 0.465 e. The van der Waals surface area contributed by atoms with Crippen LogP contribution in [0.2, 0.25) is 0 Å². The van der Waals surface area contributed by atoms with Gasteiger partial charge in [0.05, 0.1) is 44.6 Å². The molecule has 0 amide bonds. The van der Waals surface area contributed by atoms with Crippen molar-refractivity contribution in [2.75, 3.05) is 51.9 Å². The average Bonchev–Trinajstić information content (AvgIpc) is 2.74. The van der Waals surface area contributed by atoms with Gasteiger partial charge in [-0.05, 0) is 18.2 Å². The highest BCUT2D eigenvalue weighted by Gasteiger charge is 2.12. The lowest BCUT2D eigenvalue weighted by Gasteiger charge is -2.12. The molecule has 3 rings (SSSR count). The molecule has 2 heterocycles. The molecule has 0 unspecified atom stereocenters. The lowest BCUT2D eigenvalue weighted by Crippen LogP contribution is -2.15. The SMILES string of the molecule is COC(=O)c1ccc2c(c1)nc(NCCOCCOCCN)c1ccncc12. The number of carbonyl (C=O) groups is 1. The molecular weight excluding hydrogens is 360 g/mol. The van der Waals surface area contributed by atoms with Crippen LogP contribution in [-0.2, 0) is 14.2 Å². The maximum Gasteiger partial charge on any atom is 0.337 e. The van der Waals surface area contributed by atoms with Crippen molar-refractivity contribution in [2.24, 2.45) is 5.73 Å². The zero-order valence-corrected chi connectivity index (χ0v) is 15.8. The second kappa shape index (κ2) is 9.93. The Bertz CT molecular complexity index is 948. The van der Waals surface area contributed by atoms with Crippen LogP contribution in [0.4, 0.5) is 5.82 Å². The van der Waals surface area contributed by atoms with Crippen LogP contribution >= 0.6 is 0 Å². The molecule has 0 saturated carbocycles. The highest BCUT2D eigenvalue weighted by molar-refractivity contribution is 6.10. The number of methoxy groups -OCH3 is 1. The molecule has 1 aromatic carbocycles. The third-order valence-electron chi connectivity index (χ3n) is 4.19. The van der Waals surface area contributed by atoms with E-state index < -0.39 is 5.97 Å². The molecule has 0 aliphatic rings. The van der Waals surface area contributed by atoms with E-state index in [4.69, 9.17) is 24.9 Å². The summed E-state index contributed by atoms with van der Waals surface area (Å²) in [5.74, 6) is 0.324. The van der Waals surface area contributed by atoms with Gasteiger partial charge in [0, 0.05) is 41.6 Å². The highest BCUT2D eigenvalue weighted by Crippen LogP contribution is 2.29. The molecule has 0 aliphatic carbocycles. The molecule has 0 spiro atoms. The Morgan fingerprint density at radius 2 is 1.89 bits per heavy atom. The predicted molar refractivity (Wildman–Crippen MR) is 108 cm³/mol. The van der Waals surface area contributed by atoms with Crippen molar-refractivity contribution in [3.63, 3.8) is 0 Å². The van der Waals surface area contributed by atoms with Crippen LogP contribution in [0.25, 0.3) is 21.7 Å². The Morgan fingerprint density at radius 1 is 1.07 bits per heavy atom. The van der Waals surface area contributed by atoms with Gasteiger partial charge >= 0.3 is 5.97 Å². The minimum Gasteiger partial charge on any atom is -0.465 e. The van der Waals surface area contributed by atoms with E-state index in [2.05, 4.69) is 10.3 Å². The van der Waals surface area contributed by atoms with Crippen LogP contribution in [0.3, 0.4) is 0 Å². The Labute approximate surface area is 163 Å². The Hall–Kier alpha value is -2.81. The highest BCUT2D eigenvalue weighted by atomic mass is 16.5. The fourth-order valence-electron chi connectivity index (χ4n) is 2.87. The number of rotatable bonds is 10. The summed E-state index contributed by atoms with van der Waals surface area (Å²) in [6.07, 6.45) is 3.53. The Balaban J connectivity index is 1.75. The summed E-state index contributed by atoms with van der Waals surface area (Å²) in [4.78, 5) is 20.8. The van der Waals surface area contributed by atoms with E-state index in [0.29, 0.717) is 50.6 Å². The van der Waals surface area contributed by atoms with Crippen molar-refractivity contribution in [1.82, 2.24) is 9.97 Å². The van der Waals surface area contributed by atoms with E-state index in [-0.39, 0.29) is 0 Å². The molecule has 0 atom stereocenters. The molecule has 28 heavy (non-hydrogen) atoms. The summed E-state index contributed by atoms with van der Waals surface area (Å²) in [5, 5.41) is 6.15. The van der Waals surface area contributed by atoms with Crippen molar-refractivity contribution in [3.8, 4) is 0 Å². The first-order chi connectivity index (χ1) is 13.7. The summed E-state index contributed by atoms with van der Waals surface area (Å²) in [6, 6.07) is 7.24. The fourth-order valence-corrected chi connectivity index (χ4v) is 2.87. The fraction of sp³-hybridized carbons (Fsp3) is 0.350. The standard InChI is InChI=1S/C20H24N4O4/c1-26-20(25)14-2-3-15-17-13-22-6-4-16(17)19(24-18(15)12-14)23-7-9-28-11-10-27-8-5-21/h2-4,6,12-13H,5,7-11,21H2,1H3,(H,23,24). The molecule has 0 saturated heterocycles. The van der Waals surface area contributed by atoms with Crippen molar-refractivity contribution in [1.29, 1.82) is 0 Å². The van der Waals surface area contributed by atoms with Crippen molar-refractivity contribution < 1.29 is 19.0 Å². The second-order valence-corrected chi connectivity index (χ2v) is 6.05. The maximum atomic E-state index is 11.8. The minimum atomic E-state index is -0.394. The number of aromatic nitrogens is 2.